The Morgan fingerprint density at radius 2 is 1.45 bits per heavy atom. The molecule has 0 aliphatic heterocycles. The van der Waals surface area contributed by atoms with Crippen LogP contribution in [-0.2, 0) is 12.5 Å². The Bertz CT molecular complexity index is 1300. The first kappa shape index (κ1) is 32.0. The van der Waals surface area contributed by atoms with Crippen molar-refractivity contribution >= 4 is 10.9 Å². The fourth-order valence-corrected chi connectivity index (χ4v) is 6.84. The largest absolute Gasteiger partial charge is 0.343 e. The van der Waals surface area contributed by atoms with Crippen LogP contribution in [-0.4, -0.2) is 4.57 Å². The van der Waals surface area contributed by atoms with Crippen LogP contribution >= 0.6 is 0 Å². The first-order chi connectivity index (χ1) is 19.0. The van der Waals surface area contributed by atoms with Crippen molar-refractivity contribution < 1.29 is 0 Å². The maximum absolute atomic E-state index is 2.45. The Labute approximate surface area is 246 Å². The number of benzene rings is 2. The van der Waals surface area contributed by atoms with Crippen LogP contribution in [0.1, 0.15) is 123 Å². The maximum Gasteiger partial charge on any atom is 0.0533 e. The molecule has 1 heteroatoms. The zero-order chi connectivity index (χ0) is 29.6. The summed E-state index contributed by atoms with van der Waals surface area (Å²) in [7, 11) is 2.22. The van der Waals surface area contributed by atoms with E-state index in [1.54, 1.807) is 0 Å². The second-order valence-corrected chi connectivity index (χ2v) is 13.7. The third-order valence-electron chi connectivity index (χ3n) is 8.76. The summed E-state index contributed by atoms with van der Waals surface area (Å²) in [4.78, 5) is 0. The molecule has 0 N–H and O–H groups in total. The van der Waals surface area contributed by atoms with E-state index in [9.17, 15) is 0 Å². The molecule has 2 aromatic carbocycles. The summed E-state index contributed by atoms with van der Waals surface area (Å²) in [6.45, 7) is 20.3. The Balaban J connectivity index is 0.000000269. The van der Waals surface area contributed by atoms with Crippen LogP contribution < -0.4 is 0 Å². The average molecular weight is 540 g/mol. The van der Waals surface area contributed by atoms with Gasteiger partial charge in [0.15, 0.2) is 0 Å². The lowest BCUT2D eigenvalue weighted by atomic mass is 9.68. The molecule has 2 aliphatic rings. The number of aryl methyl sites for hydroxylation is 2. The number of hydrogen-bond acceptors (Lipinski definition) is 0. The van der Waals surface area contributed by atoms with Gasteiger partial charge in [-0.15, -0.1) is 0 Å². The number of hydrogen-bond donors (Lipinski definition) is 0. The van der Waals surface area contributed by atoms with E-state index in [0.717, 1.165) is 6.42 Å². The number of rotatable bonds is 8. The van der Waals surface area contributed by atoms with Crippen molar-refractivity contribution in [3.05, 3.63) is 83.5 Å². The van der Waals surface area contributed by atoms with Crippen LogP contribution in [0, 0.1) is 17.8 Å². The van der Waals surface area contributed by atoms with Crippen LogP contribution in [0.5, 0.6) is 0 Å². The molecule has 2 aliphatic carbocycles. The van der Waals surface area contributed by atoms with E-state index >= 15 is 0 Å². The quantitative estimate of drug-likeness (QED) is 0.251. The van der Waals surface area contributed by atoms with Crippen LogP contribution in [0.3, 0.4) is 0 Å². The molecule has 1 aromatic heterocycles. The van der Waals surface area contributed by atoms with Crippen molar-refractivity contribution in [2.24, 2.45) is 17.9 Å². The highest BCUT2D eigenvalue weighted by Gasteiger charge is 2.46. The third-order valence-corrected chi connectivity index (χ3v) is 8.76. The molecule has 0 saturated heterocycles. The molecule has 0 amide bonds. The minimum atomic E-state index is 0.00694. The van der Waals surface area contributed by atoms with E-state index in [4.69, 9.17) is 0 Å². The summed E-state index contributed by atoms with van der Waals surface area (Å²) in [5, 5.41) is 1.41. The lowest BCUT2D eigenvalue weighted by Crippen LogP contribution is -2.28. The molecular weight excluding hydrogens is 482 g/mol. The molecule has 40 heavy (non-hydrogen) atoms. The summed E-state index contributed by atoms with van der Waals surface area (Å²) in [5.74, 6) is 0. The number of unbranched alkanes of at least 4 members (excludes halogenated alkanes) is 5. The van der Waals surface area contributed by atoms with E-state index in [0.29, 0.717) is 5.41 Å². The predicted molar refractivity (Wildman–Crippen MR) is 179 cm³/mol. The van der Waals surface area contributed by atoms with Crippen molar-refractivity contribution in [1.82, 2.24) is 4.57 Å². The molecule has 1 nitrogen and oxygen atoms in total. The zero-order valence-corrected chi connectivity index (χ0v) is 27.5. The van der Waals surface area contributed by atoms with Gasteiger partial charge in [0, 0.05) is 34.3 Å². The first-order valence-corrected chi connectivity index (χ1v) is 16.1. The number of fused-ring (bicyclic) bond motifs is 5. The fraction of sp³-hybridized carbons (Fsp3) is 0.538. The minimum Gasteiger partial charge on any atom is -0.343 e. The summed E-state index contributed by atoms with van der Waals surface area (Å²) in [6.07, 6.45) is 20.1. The Hall–Kier alpha value is -2.54. The lowest BCUT2D eigenvalue weighted by molar-refractivity contribution is 0.356. The van der Waals surface area contributed by atoms with E-state index in [2.05, 4.69) is 127 Å². The number of aromatic nitrogens is 1. The van der Waals surface area contributed by atoms with Gasteiger partial charge in [-0.3, -0.25) is 0 Å². The summed E-state index contributed by atoms with van der Waals surface area (Å²) in [6, 6.07) is 15.9. The molecule has 0 bridgehead atoms. The van der Waals surface area contributed by atoms with E-state index in [1.807, 2.05) is 13.8 Å². The van der Waals surface area contributed by atoms with Gasteiger partial charge in [-0.25, -0.2) is 0 Å². The number of allylic oxidation sites excluding steroid dienone is 4. The van der Waals surface area contributed by atoms with Gasteiger partial charge in [0.2, 0.25) is 0 Å². The van der Waals surface area contributed by atoms with E-state index < -0.39 is 0 Å². The SMILES string of the molecule is CC.CCCCCCCCC(C)(C)C.Cc1ccc2c(c1)c1c(n2C)-c2ccccc2C1(C)CC1(C)C=CC=C1. The second-order valence-electron chi connectivity index (χ2n) is 13.7. The van der Waals surface area contributed by atoms with Gasteiger partial charge in [0.05, 0.1) is 5.69 Å². The molecule has 0 spiro atoms. The monoisotopic (exact) mass is 539 g/mol. The average Bonchev–Trinajstić information content (AvgIpc) is 3.54. The fourth-order valence-electron chi connectivity index (χ4n) is 6.84. The third kappa shape index (κ3) is 7.02. The maximum atomic E-state index is 2.45. The Kier molecular flexibility index (Phi) is 10.7. The molecule has 1 atom stereocenters. The normalized spacial score (nSPS) is 18.1. The van der Waals surface area contributed by atoms with Gasteiger partial charge >= 0.3 is 0 Å². The van der Waals surface area contributed by atoms with Crippen molar-refractivity contribution in [3.8, 4) is 11.3 Å². The molecule has 0 radical (unpaired) electrons. The summed E-state index contributed by atoms with van der Waals surface area (Å²) < 4.78 is 2.40. The topological polar surface area (TPSA) is 4.93 Å². The molecule has 3 aromatic rings. The lowest BCUT2D eigenvalue weighted by Gasteiger charge is -2.34. The van der Waals surface area contributed by atoms with Gasteiger partial charge in [0.25, 0.3) is 0 Å². The van der Waals surface area contributed by atoms with Gasteiger partial charge < -0.3 is 4.57 Å². The Morgan fingerprint density at radius 3 is 2.10 bits per heavy atom. The minimum absolute atomic E-state index is 0.00694. The molecule has 1 unspecified atom stereocenters. The van der Waals surface area contributed by atoms with Crippen LogP contribution in [0.25, 0.3) is 22.2 Å². The molecule has 0 fully saturated rings. The zero-order valence-electron chi connectivity index (χ0n) is 27.5. The van der Waals surface area contributed by atoms with Gasteiger partial charge in [-0.1, -0.05) is 154 Å². The predicted octanol–water partition coefficient (Wildman–Crippen LogP) is 12.1. The molecule has 5 rings (SSSR count). The summed E-state index contributed by atoms with van der Waals surface area (Å²) in [5.41, 5.74) is 9.11. The van der Waals surface area contributed by atoms with Crippen molar-refractivity contribution in [1.29, 1.82) is 0 Å². The molecule has 0 saturated carbocycles. The van der Waals surface area contributed by atoms with Crippen molar-refractivity contribution in [3.63, 3.8) is 0 Å². The van der Waals surface area contributed by atoms with Crippen LogP contribution in [0.4, 0.5) is 0 Å². The second kappa shape index (κ2) is 13.4. The van der Waals surface area contributed by atoms with E-state index in [-0.39, 0.29) is 10.8 Å². The van der Waals surface area contributed by atoms with Crippen LogP contribution in [0.2, 0.25) is 0 Å². The number of nitrogens with zero attached hydrogens (tertiary/aromatic N) is 1. The van der Waals surface area contributed by atoms with Gasteiger partial charge in [-0.05, 0) is 48.4 Å². The molecule has 1 heterocycles. The van der Waals surface area contributed by atoms with Gasteiger partial charge in [-0.2, -0.15) is 0 Å². The molecular formula is C39H57N. The van der Waals surface area contributed by atoms with Crippen molar-refractivity contribution in [2.45, 2.75) is 119 Å². The molecule has 218 valence electrons. The van der Waals surface area contributed by atoms with Gasteiger partial charge in [0.1, 0.15) is 0 Å². The first-order valence-electron chi connectivity index (χ1n) is 16.1. The smallest absolute Gasteiger partial charge is 0.0533 e. The Morgan fingerprint density at radius 1 is 0.825 bits per heavy atom. The highest BCUT2D eigenvalue weighted by Crippen LogP contribution is 2.57. The summed E-state index contributed by atoms with van der Waals surface area (Å²) >= 11 is 0. The standard InChI is InChI=1S/C25H25N.C12H26.C2H6/c1-17-11-12-21-19(15-17)22-23(26(21)4)18-9-5-6-10-20(18)25(22,3)16-24(2)13-7-8-14-24;1-5-6-7-8-9-10-11-12(2,3)4;1-2/h5-15H,16H2,1-4H3;5-11H2,1-4H3;1-2H3. The van der Waals surface area contributed by atoms with Crippen molar-refractivity contribution in [2.75, 3.05) is 0 Å². The van der Waals surface area contributed by atoms with E-state index in [1.165, 1.54) is 83.8 Å². The van der Waals surface area contributed by atoms with Crippen LogP contribution in [0.15, 0.2) is 66.8 Å². The highest BCUT2D eigenvalue weighted by atomic mass is 15.0. The highest BCUT2D eigenvalue weighted by molar-refractivity contribution is 5.98.